The Morgan fingerprint density at radius 3 is 2.89 bits per heavy atom. The average Bonchev–Trinajstić information content (AvgIpc) is 2.80. The third-order valence-corrected chi connectivity index (χ3v) is 5.29. The van der Waals surface area contributed by atoms with E-state index in [2.05, 4.69) is 43.6 Å². The lowest BCUT2D eigenvalue weighted by atomic mass is 9.85. The predicted molar refractivity (Wildman–Crippen MR) is 81.1 cm³/mol. The van der Waals surface area contributed by atoms with Crippen LogP contribution in [0.4, 0.5) is 0 Å². The van der Waals surface area contributed by atoms with Crippen molar-refractivity contribution in [1.29, 1.82) is 0 Å². The molecule has 1 aliphatic carbocycles. The van der Waals surface area contributed by atoms with Gasteiger partial charge in [0.2, 0.25) is 0 Å². The Morgan fingerprint density at radius 1 is 1.39 bits per heavy atom. The van der Waals surface area contributed by atoms with E-state index in [9.17, 15) is 0 Å². The quantitative estimate of drug-likeness (QED) is 0.743. The zero-order valence-corrected chi connectivity index (χ0v) is 12.9. The molecule has 102 valence electrons. The Hall–Kier alpha value is -0.340. The SMILES string of the molecule is CCC(NC1CCCC(C)(C)CC1)c1cccs1. The summed E-state index contributed by atoms with van der Waals surface area (Å²) in [6, 6.07) is 5.72. The van der Waals surface area contributed by atoms with Crippen molar-refractivity contribution in [1.82, 2.24) is 5.32 Å². The lowest BCUT2D eigenvalue weighted by Gasteiger charge is -2.25. The molecule has 2 heteroatoms. The Bertz CT molecular complexity index is 342. The maximum absolute atomic E-state index is 3.90. The Morgan fingerprint density at radius 2 is 2.22 bits per heavy atom. The summed E-state index contributed by atoms with van der Waals surface area (Å²) in [5.74, 6) is 0. The van der Waals surface area contributed by atoms with Crippen LogP contribution in [-0.4, -0.2) is 6.04 Å². The highest BCUT2D eigenvalue weighted by Gasteiger charge is 2.25. The van der Waals surface area contributed by atoms with Crippen LogP contribution in [0, 0.1) is 5.41 Å². The van der Waals surface area contributed by atoms with Gasteiger partial charge in [0.15, 0.2) is 0 Å². The molecule has 1 N–H and O–H groups in total. The van der Waals surface area contributed by atoms with Gasteiger partial charge >= 0.3 is 0 Å². The number of rotatable bonds is 4. The molecule has 0 amide bonds. The Balaban J connectivity index is 1.92. The van der Waals surface area contributed by atoms with Crippen molar-refractivity contribution >= 4 is 11.3 Å². The first-order valence-corrected chi connectivity index (χ1v) is 8.28. The zero-order valence-electron chi connectivity index (χ0n) is 12.0. The van der Waals surface area contributed by atoms with Crippen LogP contribution in [0.15, 0.2) is 17.5 Å². The van der Waals surface area contributed by atoms with Crippen molar-refractivity contribution in [2.24, 2.45) is 5.41 Å². The molecule has 1 saturated carbocycles. The molecule has 2 unspecified atom stereocenters. The number of hydrogen-bond donors (Lipinski definition) is 1. The first-order chi connectivity index (χ1) is 8.61. The second-order valence-electron chi connectivity index (χ2n) is 6.43. The number of thiophene rings is 1. The van der Waals surface area contributed by atoms with Gasteiger partial charge in [-0.25, -0.2) is 0 Å². The van der Waals surface area contributed by atoms with Crippen LogP contribution >= 0.6 is 11.3 Å². The fourth-order valence-electron chi connectivity index (χ4n) is 3.00. The van der Waals surface area contributed by atoms with E-state index in [-0.39, 0.29) is 0 Å². The van der Waals surface area contributed by atoms with Crippen molar-refractivity contribution < 1.29 is 0 Å². The molecule has 0 aliphatic heterocycles. The lowest BCUT2D eigenvalue weighted by Crippen LogP contribution is -2.32. The monoisotopic (exact) mass is 265 g/mol. The summed E-state index contributed by atoms with van der Waals surface area (Å²) in [4.78, 5) is 1.50. The highest BCUT2D eigenvalue weighted by atomic mass is 32.1. The van der Waals surface area contributed by atoms with Gasteiger partial charge in [-0.1, -0.05) is 33.3 Å². The molecule has 1 aliphatic rings. The van der Waals surface area contributed by atoms with Gasteiger partial charge in [0.1, 0.15) is 0 Å². The van der Waals surface area contributed by atoms with E-state index in [1.165, 1.54) is 43.4 Å². The first kappa shape index (κ1) is 14.1. The fourth-order valence-corrected chi connectivity index (χ4v) is 3.87. The fraction of sp³-hybridized carbons (Fsp3) is 0.750. The van der Waals surface area contributed by atoms with E-state index < -0.39 is 0 Å². The molecule has 0 saturated heterocycles. The summed E-state index contributed by atoms with van der Waals surface area (Å²) >= 11 is 1.89. The Kier molecular flexibility index (Phi) is 4.85. The van der Waals surface area contributed by atoms with Gasteiger partial charge in [0, 0.05) is 17.0 Å². The summed E-state index contributed by atoms with van der Waals surface area (Å²) in [5, 5.41) is 6.09. The van der Waals surface area contributed by atoms with Crippen LogP contribution in [0.25, 0.3) is 0 Å². The van der Waals surface area contributed by atoms with E-state index in [0.29, 0.717) is 11.5 Å². The average molecular weight is 265 g/mol. The first-order valence-electron chi connectivity index (χ1n) is 7.40. The van der Waals surface area contributed by atoms with Gasteiger partial charge in [-0.2, -0.15) is 0 Å². The molecule has 2 atom stereocenters. The van der Waals surface area contributed by atoms with Crippen LogP contribution in [0.1, 0.15) is 70.2 Å². The highest BCUT2D eigenvalue weighted by Crippen LogP contribution is 2.34. The molecule has 0 aromatic carbocycles. The third kappa shape index (κ3) is 3.83. The van der Waals surface area contributed by atoms with E-state index in [1.54, 1.807) is 0 Å². The maximum Gasteiger partial charge on any atom is 0.0414 e. The minimum atomic E-state index is 0.557. The molecular weight excluding hydrogens is 238 g/mol. The van der Waals surface area contributed by atoms with Crippen LogP contribution in [0.2, 0.25) is 0 Å². The van der Waals surface area contributed by atoms with Gasteiger partial charge in [0.25, 0.3) is 0 Å². The van der Waals surface area contributed by atoms with E-state index in [4.69, 9.17) is 0 Å². The molecule has 1 heterocycles. The van der Waals surface area contributed by atoms with Crippen molar-refractivity contribution in [2.45, 2.75) is 71.4 Å². The minimum absolute atomic E-state index is 0.557. The third-order valence-electron chi connectivity index (χ3n) is 4.31. The summed E-state index contributed by atoms with van der Waals surface area (Å²) in [7, 11) is 0. The summed E-state index contributed by atoms with van der Waals surface area (Å²) < 4.78 is 0. The van der Waals surface area contributed by atoms with E-state index in [0.717, 1.165) is 6.04 Å². The van der Waals surface area contributed by atoms with Gasteiger partial charge in [-0.15, -0.1) is 11.3 Å². The second kappa shape index (κ2) is 6.21. The van der Waals surface area contributed by atoms with E-state index >= 15 is 0 Å². The van der Waals surface area contributed by atoms with Crippen LogP contribution < -0.4 is 5.32 Å². The molecule has 1 nitrogen and oxygen atoms in total. The molecule has 0 spiro atoms. The van der Waals surface area contributed by atoms with Gasteiger partial charge in [-0.05, 0) is 49.0 Å². The maximum atomic E-state index is 3.90. The summed E-state index contributed by atoms with van der Waals surface area (Å²) in [5.41, 5.74) is 0.557. The standard InChI is InChI=1S/C16H27NS/c1-4-14(15-8-6-12-18-15)17-13-7-5-10-16(2,3)11-9-13/h6,8,12-14,17H,4-5,7,9-11H2,1-3H3. The predicted octanol–water partition coefficient (Wildman–Crippen LogP) is 5.15. The lowest BCUT2D eigenvalue weighted by molar-refractivity contribution is 0.306. The van der Waals surface area contributed by atoms with Crippen LogP contribution in [0.3, 0.4) is 0 Å². The van der Waals surface area contributed by atoms with Gasteiger partial charge in [-0.3, -0.25) is 0 Å². The molecule has 0 bridgehead atoms. The molecule has 1 aromatic heterocycles. The van der Waals surface area contributed by atoms with Crippen molar-refractivity contribution in [3.8, 4) is 0 Å². The smallest absolute Gasteiger partial charge is 0.0414 e. The Labute approximate surface area is 116 Å². The molecule has 18 heavy (non-hydrogen) atoms. The van der Waals surface area contributed by atoms with Crippen molar-refractivity contribution in [3.63, 3.8) is 0 Å². The largest absolute Gasteiger partial charge is 0.306 e. The van der Waals surface area contributed by atoms with E-state index in [1.807, 2.05) is 11.3 Å². The normalized spacial score (nSPS) is 25.6. The molecule has 1 aromatic rings. The summed E-state index contributed by atoms with van der Waals surface area (Å²) in [6.45, 7) is 7.13. The van der Waals surface area contributed by atoms with Crippen molar-refractivity contribution in [3.05, 3.63) is 22.4 Å². The molecule has 1 fully saturated rings. The number of nitrogens with one attached hydrogen (secondary N) is 1. The topological polar surface area (TPSA) is 12.0 Å². The summed E-state index contributed by atoms with van der Waals surface area (Å²) in [6.07, 6.45) is 8.03. The van der Waals surface area contributed by atoms with Crippen LogP contribution in [0.5, 0.6) is 0 Å². The van der Waals surface area contributed by atoms with Crippen molar-refractivity contribution in [2.75, 3.05) is 0 Å². The van der Waals surface area contributed by atoms with Gasteiger partial charge in [0.05, 0.1) is 0 Å². The van der Waals surface area contributed by atoms with Crippen LogP contribution in [-0.2, 0) is 0 Å². The molecular formula is C16H27NS. The zero-order chi connectivity index (χ0) is 13.0. The second-order valence-corrected chi connectivity index (χ2v) is 7.41. The highest BCUT2D eigenvalue weighted by molar-refractivity contribution is 7.10. The minimum Gasteiger partial charge on any atom is -0.306 e. The van der Waals surface area contributed by atoms with Gasteiger partial charge < -0.3 is 5.32 Å². The molecule has 0 radical (unpaired) electrons. The molecule has 2 rings (SSSR count). The number of hydrogen-bond acceptors (Lipinski definition) is 2.